The molecule has 150 valence electrons. The van der Waals surface area contributed by atoms with Crippen molar-refractivity contribution in [3.8, 4) is 0 Å². The molecule has 0 spiro atoms. The van der Waals surface area contributed by atoms with Gasteiger partial charge in [0.25, 0.3) is 0 Å². The summed E-state index contributed by atoms with van der Waals surface area (Å²) in [5.74, 6) is -0.200. The molecule has 5 atom stereocenters. The van der Waals surface area contributed by atoms with E-state index in [0.29, 0.717) is 6.04 Å². The van der Waals surface area contributed by atoms with Crippen LogP contribution in [0, 0.1) is 0 Å². The molecular weight excluding hydrogens is 348 g/mol. The number of piperidine rings is 4. The fourth-order valence-corrected chi connectivity index (χ4v) is 6.22. The Bertz CT molecular complexity index is 719. The molecule has 1 aromatic carbocycles. The maximum absolute atomic E-state index is 12.3. The third-order valence-electron chi connectivity index (χ3n) is 7.45. The Morgan fingerprint density at radius 1 is 0.857 bits per heavy atom. The highest BCUT2D eigenvalue weighted by Crippen LogP contribution is 2.42. The molecule has 0 aromatic heterocycles. The maximum Gasteiger partial charge on any atom is 0.331 e. The van der Waals surface area contributed by atoms with E-state index in [9.17, 15) is 4.79 Å². The highest BCUT2D eigenvalue weighted by molar-refractivity contribution is 5.87. The smallest absolute Gasteiger partial charge is 0.331 e. The summed E-state index contributed by atoms with van der Waals surface area (Å²) < 4.78 is 5.82. The van der Waals surface area contributed by atoms with Crippen LogP contribution in [0.4, 0.5) is 0 Å². The Morgan fingerprint density at radius 3 is 2.39 bits per heavy atom. The monoisotopic (exact) mass is 380 g/mol. The number of carbonyl (C=O) groups is 1. The highest BCUT2D eigenvalue weighted by Gasteiger charge is 2.47. The molecule has 4 heteroatoms. The van der Waals surface area contributed by atoms with Gasteiger partial charge in [-0.1, -0.05) is 36.8 Å². The molecule has 5 rings (SSSR count). The summed E-state index contributed by atoms with van der Waals surface area (Å²) in [7, 11) is 0. The second-order valence-electron chi connectivity index (χ2n) is 9.12. The van der Waals surface area contributed by atoms with Crippen LogP contribution in [0.1, 0.15) is 56.9 Å². The molecule has 4 aliphatic heterocycles. The number of benzene rings is 1. The van der Waals surface area contributed by atoms with Crippen LogP contribution in [-0.2, 0) is 9.53 Å². The zero-order valence-electron chi connectivity index (χ0n) is 16.7. The first-order chi connectivity index (χ1) is 13.8. The molecule has 4 nitrogen and oxygen atoms in total. The van der Waals surface area contributed by atoms with Gasteiger partial charge in [-0.25, -0.2) is 4.79 Å². The molecule has 0 radical (unpaired) electrons. The van der Waals surface area contributed by atoms with Gasteiger partial charge < -0.3 is 4.74 Å². The van der Waals surface area contributed by atoms with Gasteiger partial charge in [0, 0.05) is 43.2 Å². The molecule has 4 fully saturated rings. The van der Waals surface area contributed by atoms with Gasteiger partial charge in [-0.15, -0.1) is 0 Å². The van der Waals surface area contributed by atoms with E-state index < -0.39 is 0 Å². The quantitative estimate of drug-likeness (QED) is 0.589. The van der Waals surface area contributed by atoms with Crippen molar-refractivity contribution in [1.82, 2.24) is 9.80 Å². The predicted octanol–water partition coefficient (Wildman–Crippen LogP) is 3.87. The van der Waals surface area contributed by atoms with E-state index >= 15 is 0 Å². The minimum Gasteiger partial charge on any atom is -0.459 e. The molecule has 1 aromatic rings. The highest BCUT2D eigenvalue weighted by atomic mass is 16.5. The molecule has 0 N–H and O–H groups in total. The van der Waals surface area contributed by atoms with E-state index in [4.69, 9.17) is 4.74 Å². The summed E-state index contributed by atoms with van der Waals surface area (Å²) in [4.78, 5) is 17.9. The van der Waals surface area contributed by atoms with Crippen LogP contribution in [0.15, 0.2) is 36.4 Å². The summed E-state index contributed by atoms with van der Waals surface area (Å²) in [6.45, 7) is 2.40. The number of rotatable bonds is 3. The van der Waals surface area contributed by atoms with Crippen molar-refractivity contribution >= 4 is 12.0 Å². The number of hydrogen-bond donors (Lipinski definition) is 0. The summed E-state index contributed by atoms with van der Waals surface area (Å²) in [6.07, 6.45) is 13.7. The lowest BCUT2D eigenvalue weighted by Gasteiger charge is -2.58. The fourth-order valence-electron chi connectivity index (χ4n) is 6.22. The third kappa shape index (κ3) is 3.77. The number of hydrogen-bond acceptors (Lipinski definition) is 4. The normalized spacial score (nSPS) is 35.9. The van der Waals surface area contributed by atoms with Crippen LogP contribution in [0.5, 0.6) is 0 Å². The Hall–Kier alpha value is -1.65. The summed E-state index contributed by atoms with van der Waals surface area (Å²) >= 11 is 0. The summed E-state index contributed by atoms with van der Waals surface area (Å²) in [5.41, 5.74) is 1.03. The van der Waals surface area contributed by atoms with Crippen molar-refractivity contribution in [3.63, 3.8) is 0 Å². The number of nitrogens with zero attached hydrogens (tertiary/aromatic N) is 2. The second-order valence-corrected chi connectivity index (χ2v) is 9.12. The molecule has 4 saturated heterocycles. The lowest BCUT2D eigenvalue weighted by atomic mass is 9.76. The van der Waals surface area contributed by atoms with Gasteiger partial charge in [0.2, 0.25) is 0 Å². The van der Waals surface area contributed by atoms with E-state index in [-0.39, 0.29) is 12.1 Å². The Labute approximate surface area is 168 Å². The average molecular weight is 381 g/mol. The molecule has 2 bridgehead atoms. The first-order valence-corrected chi connectivity index (χ1v) is 11.2. The van der Waals surface area contributed by atoms with Gasteiger partial charge in [0.05, 0.1) is 0 Å². The van der Waals surface area contributed by atoms with Crippen LogP contribution < -0.4 is 0 Å². The van der Waals surface area contributed by atoms with E-state index in [0.717, 1.165) is 43.1 Å². The number of fused-ring (bicyclic) bond motifs is 6. The average Bonchev–Trinajstić information content (AvgIpc) is 2.73. The molecule has 0 aliphatic carbocycles. The Balaban J connectivity index is 1.19. The van der Waals surface area contributed by atoms with E-state index in [2.05, 4.69) is 9.80 Å². The lowest BCUT2D eigenvalue weighted by molar-refractivity contribution is -0.149. The van der Waals surface area contributed by atoms with Gasteiger partial charge in [0.1, 0.15) is 6.10 Å². The predicted molar refractivity (Wildman–Crippen MR) is 111 cm³/mol. The zero-order valence-corrected chi connectivity index (χ0v) is 16.7. The fraction of sp³-hybridized carbons (Fsp3) is 0.625. The van der Waals surface area contributed by atoms with Crippen LogP contribution in [-0.4, -0.2) is 59.1 Å². The third-order valence-corrected chi connectivity index (χ3v) is 7.45. The molecule has 28 heavy (non-hydrogen) atoms. The minimum atomic E-state index is -0.200. The zero-order chi connectivity index (χ0) is 18.9. The van der Waals surface area contributed by atoms with Crippen LogP contribution in [0.3, 0.4) is 0 Å². The first kappa shape index (κ1) is 18.4. The van der Waals surface area contributed by atoms with Crippen molar-refractivity contribution in [2.45, 2.75) is 81.6 Å². The van der Waals surface area contributed by atoms with Gasteiger partial charge >= 0.3 is 5.97 Å². The van der Waals surface area contributed by atoms with E-state index in [1.165, 1.54) is 45.1 Å². The molecule has 0 saturated carbocycles. The minimum absolute atomic E-state index is 0.0742. The van der Waals surface area contributed by atoms with Crippen molar-refractivity contribution in [2.24, 2.45) is 0 Å². The molecule has 4 heterocycles. The van der Waals surface area contributed by atoms with Gasteiger partial charge in [-0.3, -0.25) is 9.80 Å². The van der Waals surface area contributed by atoms with Crippen LogP contribution >= 0.6 is 0 Å². The van der Waals surface area contributed by atoms with Crippen molar-refractivity contribution in [2.75, 3.05) is 13.1 Å². The molecule has 4 aliphatic rings. The number of carbonyl (C=O) groups excluding carboxylic acids is 1. The lowest BCUT2D eigenvalue weighted by Crippen LogP contribution is -2.65. The van der Waals surface area contributed by atoms with E-state index in [1.807, 2.05) is 36.4 Å². The standard InChI is InChI=1S/C24H32N2O2/c27-24(10-9-18-6-2-1-3-7-18)28-23-11-13-26-20-14-19-8-4-5-12-25(19)21(15-20)16-22(26)17-23/h1-3,6-7,9-10,19-23H,4-5,8,11-17H2/b10-9+/t19-,20+,21+,22-,23?/m1/s1. The van der Waals surface area contributed by atoms with E-state index in [1.54, 1.807) is 6.08 Å². The second kappa shape index (κ2) is 8.00. The van der Waals surface area contributed by atoms with Gasteiger partial charge in [0.15, 0.2) is 0 Å². The van der Waals surface area contributed by atoms with Crippen LogP contribution in [0.25, 0.3) is 6.08 Å². The van der Waals surface area contributed by atoms with Gasteiger partial charge in [-0.2, -0.15) is 0 Å². The molecular formula is C24H32N2O2. The number of esters is 1. The SMILES string of the molecule is O=C(/C=C/c1ccccc1)OC1CCN2[C@@H]3C[C@@H](C[C@@H]2C1)N1CCCC[C@@H]1C3. The Kier molecular flexibility index (Phi) is 5.25. The van der Waals surface area contributed by atoms with Crippen molar-refractivity contribution in [3.05, 3.63) is 42.0 Å². The first-order valence-electron chi connectivity index (χ1n) is 11.2. The topological polar surface area (TPSA) is 32.8 Å². The van der Waals surface area contributed by atoms with Crippen molar-refractivity contribution in [1.29, 1.82) is 0 Å². The summed E-state index contributed by atoms with van der Waals surface area (Å²) in [6, 6.07) is 12.9. The number of ether oxygens (including phenoxy) is 1. The Morgan fingerprint density at radius 2 is 1.57 bits per heavy atom. The van der Waals surface area contributed by atoms with Crippen LogP contribution in [0.2, 0.25) is 0 Å². The van der Waals surface area contributed by atoms with Gasteiger partial charge in [-0.05, 0) is 56.7 Å². The molecule has 1 unspecified atom stereocenters. The maximum atomic E-state index is 12.3. The molecule has 0 amide bonds. The summed E-state index contributed by atoms with van der Waals surface area (Å²) in [5, 5.41) is 0. The largest absolute Gasteiger partial charge is 0.459 e. The van der Waals surface area contributed by atoms with Crippen molar-refractivity contribution < 1.29 is 9.53 Å².